The number of alkyl carbamates (subject to hydrolysis) is 1. The van der Waals surface area contributed by atoms with Crippen molar-refractivity contribution in [3.8, 4) is 0 Å². The van der Waals surface area contributed by atoms with Gasteiger partial charge in [-0.15, -0.1) is 0 Å². The molecule has 26 heavy (non-hydrogen) atoms. The van der Waals surface area contributed by atoms with Crippen LogP contribution in [0.5, 0.6) is 0 Å². The molecule has 1 aromatic heterocycles. The van der Waals surface area contributed by atoms with E-state index in [9.17, 15) is 4.79 Å². The van der Waals surface area contributed by atoms with Crippen molar-refractivity contribution in [3.63, 3.8) is 0 Å². The van der Waals surface area contributed by atoms with Crippen LogP contribution in [-0.4, -0.2) is 46.8 Å². The van der Waals surface area contributed by atoms with Crippen molar-refractivity contribution in [1.82, 2.24) is 20.6 Å². The molecule has 1 aromatic rings. The zero-order valence-corrected chi connectivity index (χ0v) is 15.5. The number of hydrogen-bond acceptors (Lipinski definition) is 6. The molecule has 0 spiro atoms. The Bertz CT molecular complexity index is 625. The van der Waals surface area contributed by atoms with Gasteiger partial charge >= 0.3 is 6.09 Å². The third-order valence-corrected chi connectivity index (χ3v) is 5.88. The highest BCUT2D eigenvalue weighted by molar-refractivity contribution is 5.69. The van der Waals surface area contributed by atoms with E-state index in [2.05, 4.69) is 32.8 Å². The van der Waals surface area contributed by atoms with Gasteiger partial charge in [0.2, 0.25) is 5.95 Å². The standard InChI is InChI=1S/C19H29N5O2/c1-19(6-7-19)24-18(25)26-16-3-2-13(10-16)14-11-21-17(22-12-14)23-15-4-8-20-9-5-15/h11-13,15-16,20H,2-10H2,1H3,(H,24,25)(H,21,22,23)/t13-,16+/m0/s1. The number of amides is 1. The first-order valence-electron chi connectivity index (χ1n) is 9.88. The first kappa shape index (κ1) is 17.5. The maximum atomic E-state index is 12.0. The minimum absolute atomic E-state index is 0.00473. The second kappa shape index (κ2) is 7.39. The Hall–Kier alpha value is -1.89. The average molecular weight is 359 g/mol. The molecule has 3 aliphatic rings. The number of nitrogens with one attached hydrogen (secondary N) is 3. The number of carbonyl (C=O) groups is 1. The summed E-state index contributed by atoms with van der Waals surface area (Å²) < 4.78 is 5.59. The molecule has 0 unspecified atom stereocenters. The molecular formula is C19H29N5O2. The first-order chi connectivity index (χ1) is 12.6. The summed E-state index contributed by atoms with van der Waals surface area (Å²) >= 11 is 0. The van der Waals surface area contributed by atoms with Crippen LogP contribution in [-0.2, 0) is 4.74 Å². The van der Waals surface area contributed by atoms with Gasteiger partial charge in [0.1, 0.15) is 6.10 Å². The average Bonchev–Trinajstić information content (AvgIpc) is 3.17. The van der Waals surface area contributed by atoms with E-state index in [1.807, 2.05) is 12.4 Å². The predicted molar refractivity (Wildman–Crippen MR) is 99.2 cm³/mol. The number of nitrogens with zero attached hydrogens (tertiary/aromatic N) is 2. The summed E-state index contributed by atoms with van der Waals surface area (Å²) in [7, 11) is 0. The zero-order valence-electron chi connectivity index (χ0n) is 15.5. The Balaban J connectivity index is 1.26. The molecule has 1 saturated heterocycles. The number of aromatic nitrogens is 2. The summed E-state index contributed by atoms with van der Waals surface area (Å²) in [5.74, 6) is 1.08. The number of hydrogen-bond donors (Lipinski definition) is 3. The monoisotopic (exact) mass is 359 g/mol. The SMILES string of the molecule is CC1(NC(=O)O[C@@H]2CC[C@H](c3cnc(NC4CCNCC4)nc3)C2)CC1. The molecule has 2 saturated carbocycles. The molecule has 0 bridgehead atoms. The lowest BCUT2D eigenvalue weighted by molar-refractivity contribution is 0.0967. The summed E-state index contributed by atoms with van der Waals surface area (Å²) in [5, 5.41) is 9.74. The Kier molecular flexibility index (Phi) is 4.98. The van der Waals surface area contributed by atoms with E-state index >= 15 is 0 Å². The molecule has 3 N–H and O–H groups in total. The van der Waals surface area contributed by atoms with Crippen molar-refractivity contribution in [3.05, 3.63) is 18.0 Å². The van der Waals surface area contributed by atoms with Gasteiger partial charge in [0.25, 0.3) is 0 Å². The number of ether oxygens (including phenoxy) is 1. The Morgan fingerprint density at radius 1 is 1.19 bits per heavy atom. The highest BCUT2D eigenvalue weighted by atomic mass is 16.6. The Morgan fingerprint density at radius 2 is 1.92 bits per heavy atom. The van der Waals surface area contributed by atoms with Crippen LogP contribution in [0.3, 0.4) is 0 Å². The van der Waals surface area contributed by atoms with Gasteiger partial charge in [-0.2, -0.15) is 0 Å². The fourth-order valence-corrected chi connectivity index (χ4v) is 3.86. The predicted octanol–water partition coefficient (Wildman–Crippen LogP) is 2.56. The molecule has 1 amide bonds. The number of rotatable bonds is 5. The quantitative estimate of drug-likeness (QED) is 0.749. The fourth-order valence-electron chi connectivity index (χ4n) is 3.86. The fraction of sp³-hybridized carbons (Fsp3) is 0.737. The largest absolute Gasteiger partial charge is 0.446 e. The van der Waals surface area contributed by atoms with Gasteiger partial charge in [0.15, 0.2) is 0 Å². The maximum absolute atomic E-state index is 12.0. The molecule has 3 fully saturated rings. The molecule has 2 atom stereocenters. The summed E-state index contributed by atoms with van der Waals surface area (Å²) in [6, 6.07) is 0.457. The Morgan fingerprint density at radius 3 is 2.62 bits per heavy atom. The van der Waals surface area contributed by atoms with Crippen LogP contribution >= 0.6 is 0 Å². The molecule has 2 heterocycles. The molecule has 142 valence electrons. The lowest BCUT2D eigenvalue weighted by Gasteiger charge is -2.23. The smallest absolute Gasteiger partial charge is 0.407 e. The van der Waals surface area contributed by atoms with Crippen LogP contribution in [0.1, 0.15) is 63.4 Å². The minimum atomic E-state index is -0.270. The molecule has 7 nitrogen and oxygen atoms in total. The number of carbonyl (C=O) groups excluding carboxylic acids is 1. The lowest BCUT2D eigenvalue weighted by Crippen LogP contribution is -2.36. The van der Waals surface area contributed by atoms with Gasteiger partial charge in [-0.05, 0) is 76.4 Å². The number of anilines is 1. The van der Waals surface area contributed by atoms with E-state index in [0.717, 1.165) is 63.6 Å². The van der Waals surface area contributed by atoms with E-state index in [-0.39, 0.29) is 17.7 Å². The summed E-state index contributed by atoms with van der Waals surface area (Å²) in [6.45, 7) is 4.15. The van der Waals surface area contributed by atoms with Gasteiger partial charge in [-0.1, -0.05) is 0 Å². The van der Waals surface area contributed by atoms with Gasteiger partial charge in [-0.25, -0.2) is 14.8 Å². The first-order valence-corrected chi connectivity index (χ1v) is 9.88. The third kappa shape index (κ3) is 4.44. The lowest BCUT2D eigenvalue weighted by atomic mass is 10.0. The van der Waals surface area contributed by atoms with E-state index in [1.165, 1.54) is 0 Å². The third-order valence-electron chi connectivity index (χ3n) is 5.88. The second-order valence-electron chi connectivity index (χ2n) is 8.23. The van der Waals surface area contributed by atoms with E-state index in [4.69, 9.17) is 4.74 Å². The summed E-state index contributed by atoms with van der Waals surface area (Å²) in [5.41, 5.74) is 1.11. The topological polar surface area (TPSA) is 88.2 Å². The van der Waals surface area contributed by atoms with E-state index < -0.39 is 0 Å². The maximum Gasteiger partial charge on any atom is 0.407 e. The molecule has 1 aliphatic heterocycles. The van der Waals surface area contributed by atoms with E-state index in [1.54, 1.807) is 0 Å². The second-order valence-corrected chi connectivity index (χ2v) is 8.23. The molecule has 0 aromatic carbocycles. The van der Waals surface area contributed by atoms with Crippen LogP contribution < -0.4 is 16.0 Å². The molecular weight excluding hydrogens is 330 g/mol. The highest BCUT2D eigenvalue weighted by Crippen LogP contribution is 2.37. The van der Waals surface area contributed by atoms with E-state index in [0.29, 0.717) is 17.9 Å². The number of piperidine rings is 1. The van der Waals surface area contributed by atoms with Crippen molar-refractivity contribution in [2.24, 2.45) is 0 Å². The van der Waals surface area contributed by atoms with Crippen molar-refractivity contribution < 1.29 is 9.53 Å². The van der Waals surface area contributed by atoms with Crippen molar-refractivity contribution >= 4 is 12.0 Å². The van der Waals surface area contributed by atoms with Crippen LogP contribution in [0.2, 0.25) is 0 Å². The zero-order chi connectivity index (χ0) is 18.0. The highest BCUT2D eigenvalue weighted by Gasteiger charge is 2.40. The van der Waals surface area contributed by atoms with Crippen molar-refractivity contribution in [2.75, 3.05) is 18.4 Å². The molecule has 4 rings (SSSR count). The van der Waals surface area contributed by atoms with Crippen LogP contribution in [0.4, 0.5) is 10.7 Å². The van der Waals surface area contributed by atoms with Gasteiger partial charge in [0.05, 0.1) is 0 Å². The van der Waals surface area contributed by atoms with Gasteiger partial charge < -0.3 is 20.7 Å². The molecule has 2 aliphatic carbocycles. The van der Waals surface area contributed by atoms with Crippen LogP contribution in [0, 0.1) is 0 Å². The van der Waals surface area contributed by atoms with Crippen molar-refractivity contribution in [2.45, 2.75) is 75.5 Å². The van der Waals surface area contributed by atoms with Gasteiger partial charge in [0, 0.05) is 24.0 Å². The summed E-state index contributed by atoms with van der Waals surface area (Å²) in [6.07, 6.45) is 10.7. The van der Waals surface area contributed by atoms with Gasteiger partial charge in [-0.3, -0.25) is 0 Å². The van der Waals surface area contributed by atoms with Crippen molar-refractivity contribution in [1.29, 1.82) is 0 Å². The molecule has 7 heteroatoms. The normalized spacial score (nSPS) is 27.7. The Labute approximate surface area is 154 Å². The summed E-state index contributed by atoms with van der Waals surface area (Å²) in [4.78, 5) is 21.0. The van der Waals surface area contributed by atoms with Crippen LogP contribution in [0.25, 0.3) is 0 Å². The minimum Gasteiger partial charge on any atom is -0.446 e. The molecule has 0 radical (unpaired) electrons. The van der Waals surface area contributed by atoms with Crippen LogP contribution in [0.15, 0.2) is 12.4 Å².